The summed E-state index contributed by atoms with van der Waals surface area (Å²) in [5.74, 6) is -2.77. The second-order valence-electron chi connectivity index (χ2n) is 8.82. The normalized spacial score (nSPS) is 24.6. The van der Waals surface area contributed by atoms with Gasteiger partial charge in [0, 0.05) is 27.7 Å². The Hall–Kier alpha value is -3.76. The van der Waals surface area contributed by atoms with Gasteiger partial charge in [0.15, 0.2) is 24.4 Å². The zero-order chi connectivity index (χ0) is 27.7. The molecule has 2 aromatic rings. The van der Waals surface area contributed by atoms with Crippen molar-refractivity contribution in [3.63, 3.8) is 0 Å². The van der Waals surface area contributed by atoms with Crippen LogP contribution in [0.2, 0.25) is 0 Å². The lowest BCUT2D eigenvalue weighted by Crippen LogP contribution is -2.68. The predicted octanol–water partition coefficient (Wildman–Crippen LogP) is 2.90. The Labute approximate surface area is 221 Å². The number of carbonyl (C=O) groups excluding carboxylic acids is 4. The van der Waals surface area contributed by atoms with Crippen molar-refractivity contribution in [1.82, 2.24) is 0 Å². The Bertz CT molecular complexity index is 1020. The lowest BCUT2D eigenvalue weighted by atomic mass is 9.83. The van der Waals surface area contributed by atoms with Gasteiger partial charge in [-0.05, 0) is 11.1 Å². The van der Waals surface area contributed by atoms with Crippen molar-refractivity contribution >= 4 is 23.9 Å². The average molecular weight is 529 g/mol. The first-order chi connectivity index (χ1) is 18.2. The molecule has 0 aliphatic heterocycles. The van der Waals surface area contributed by atoms with Crippen LogP contribution in [0, 0.1) is 0 Å². The fourth-order valence-electron chi connectivity index (χ4n) is 4.34. The summed E-state index contributed by atoms with van der Waals surface area (Å²) in [7, 11) is 0. The van der Waals surface area contributed by atoms with Gasteiger partial charge in [-0.3, -0.25) is 19.2 Å². The van der Waals surface area contributed by atoms with Crippen LogP contribution < -0.4 is 0 Å². The molecule has 10 nitrogen and oxygen atoms in total. The van der Waals surface area contributed by atoms with E-state index in [0.717, 1.165) is 11.1 Å². The number of benzene rings is 2. The summed E-state index contributed by atoms with van der Waals surface area (Å²) in [5.41, 5.74) is 1.59. The van der Waals surface area contributed by atoms with Gasteiger partial charge in [-0.2, -0.15) is 0 Å². The topological polar surface area (TPSA) is 124 Å². The molecule has 1 saturated carbocycles. The smallest absolute Gasteiger partial charge is 0.303 e. The molecular formula is C28H32O10. The predicted molar refractivity (Wildman–Crippen MR) is 132 cm³/mol. The maximum atomic E-state index is 12.2. The summed E-state index contributed by atoms with van der Waals surface area (Å²) in [6, 6.07) is 18.3. The highest BCUT2D eigenvalue weighted by atomic mass is 16.7. The van der Waals surface area contributed by atoms with Gasteiger partial charge >= 0.3 is 23.9 Å². The molecule has 2 unspecified atom stereocenters. The lowest BCUT2D eigenvalue weighted by Gasteiger charge is -2.47. The van der Waals surface area contributed by atoms with E-state index in [-0.39, 0.29) is 13.2 Å². The average Bonchev–Trinajstić information content (AvgIpc) is 2.85. The van der Waals surface area contributed by atoms with E-state index in [0.29, 0.717) is 0 Å². The fraction of sp³-hybridized carbons (Fsp3) is 0.429. The lowest BCUT2D eigenvalue weighted by molar-refractivity contribution is -0.268. The standard InChI is InChI=1S/C28H32O10/c1-17(29)35-25-23(33-15-21-11-7-5-8-12-21)26(36-18(2)30)28(38-20(4)32)27(37-19(3)31)24(25)34-16-22-13-9-6-10-14-22/h5-14,23-28H,15-16H2,1-4H3/t23-,24-,25?,26-,27+,28?/m0/s1. The third-order valence-electron chi connectivity index (χ3n) is 5.72. The van der Waals surface area contributed by atoms with Gasteiger partial charge in [0.1, 0.15) is 12.2 Å². The minimum atomic E-state index is -1.31. The molecule has 38 heavy (non-hydrogen) atoms. The Morgan fingerprint density at radius 3 is 1.03 bits per heavy atom. The van der Waals surface area contributed by atoms with Gasteiger partial charge in [0.2, 0.25) is 0 Å². The second kappa shape index (κ2) is 13.7. The molecule has 204 valence electrons. The van der Waals surface area contributed by atoms with Crippen LogP contribution in [0.4, 0.5) is 0 Å². The molecule has 0 heterocycles. The van der Waals surface area contributed by atoms with Gasteiger partial charge in [0.25, 0.3) is 0 Å². The summed E-state index contributed by atoms with van der Waals surface area (Å²) in [6.07, 6.45) is -7.36. The van der Waals surface area contributed by atoms with Gasteiger partial charge in [-0.15, -0.1) is 0 Å². The zero-order valence-electron chi connectivity index (χ0n) is 21.7. The van der Waals surface area contributed by atoms with E-state index >= 15 is 0 Å². The van der Waals surface area contributed by atoms with Crippen molar-refractivity contribution in [2.45, 2.75) is 77.5 Å². The van der Waals surface area contributed by atoms with E-state index in [2.05, 4.69) is 0 Å². The molecule has 2 aromatic carbocycles. The third kappa shape index (κ3) is 8.12. The number of hydrogen-bond donors (Lipinski definition) is 0. The van der Waals surface area contributed by atoms with Crippen molar-refractivity contribution in [2.75, 3.05) is 0 Å². The number of esters is 4. The molecule has 0 bridgehead atoms. The van der Waals surface area contributed by atoms with E-state index in [4.69, 9.17) is 28.4 Å². The minimum Gasteiger partial charge on any atom is -0.457 e. The summed E-state index contributed by atoms with van der Waals surface area (Å²) >= 11 is 0. The zero-order valence-corrected chi connectivity index (χ0v) is 21.7. The van der Waals surface area contributed by atoms with Crippen molar-refractivity contribution in [2.24, 2.45) is 0 Å². The van der Waals surface area contributed by atoms with E-state index in [1.54, 1.807) is 0 Å². The highest BCUT2D eigenvalue weighted by Crippen LogP contribution is 2.35. The van der Waals surface area contributed by atoms with Crippen LogP contribution in [-0.4, -0.2) is 60.5 Å². The molecule has 6 atom stereocenters. The Balaban J connectivity index is 2.07. The summed E-state index contributed by atoms with van der Waals surface area (Å²) in [4.78, 5) is 48.7. The Morgan fingerprint density at radius 1 is 0.474 bits per heavy atom. The summed E-state index contributed by atoms with van der Waals surface area (Å²) < 4.78 is 34.7. The van der Waals surface area contributed by atoms with Gasteiger partial charge in [-0.25, -0.2) is 0 Å². The molecule has 10 heteroatoms. The number of rotatable bonds is 10. The fourth-order valence-corrected chi connectivity index (χ4v) is 4.34. The van der Waals surface area contributed by atoms with Gasteiger partial charge < -0.3 is 28.4 Å². The first-order valence-electron chi connectivity index (χ1n) is 12.2. The van der Waals surface area contributed by atoms with Crippen LogP contribution in [0.3, 0.4) is 0 Å². The second-order valence-corrected chi connectivity index (χ2v) is 8.82. The summed E-state index contributed by atoms with van der Waals surface area (Å²) in [6.45, 7) is 4.85. The molecular weight excluding hydrogens is 496 g/mol. The van der Waals surface area contributed by atoms with E-state index in [1.807, 2.05) is 60.7 Å². The van der Waals surface area contributed by atoms with Crippen molar-refractivity contribution in [3.05, 3.63) is 71.8 Å². The molecule has 1 fully saturated rings. The minimum absolute atomic E-state index is 0.0530. The first kappa shape index (κ1) is 28.8. The molecule has 1 aliphatic carbocycles. The number of hydrogen-bond acceptors (Lipinski definition) is 10. The maximum absolute atomic E-state index is 12.2. The molecule has 0 saturated heterocycles. The largest absolute Gasteiger partial charge is 0.457 e. The van der Waals surface area contributed by atoms with Gasteiger partial charge in [0.05, 0.1) is 13.2 Å². The first-order valence-corrected chi connectivity index (χ1v) is 12.2. The van der Waals surface area contributed by atoms with Crippen molar-refractivity contribution in [1.29, 1.82) is 0 Å². The Morgan fingerprint density at radius 2 is 0.737 bits per heavy atom. The molecule has 0 amide bonds. The molecule has 1 aliphatic rings. The molecule has 0 spiro atoms. The summed E-state index contributed by atoms with van der Waals surface area (Å²) in [5, 5.41) is 0. The van der Waals surface area contributed by atoms with Crippen LogP contribution >= 0.6 is 0 Å². The quantitative estimate of drug-likeness (QED) is 0.336. The SMILES string of the molecule is CC(=O)OC1[C@@H](OC(C)=O)[C@@H](OCc2ccccc2)C(OC(C)=O)[C@H](OCc2ccccc2)[C@H]1OC(C)=O. The van der Waals surface area contributed by atoms with E-state index < -0.39 is 60.5 Å². The Kier molecular flexibility index (Phi) is 10.4. The van der Waals surface area contributed by atoms with Crippen LogP contribution in [0.5, 0.6) is 0 Å². The molecule has 0 aromatic heterocycles. The van der Waals surface area contributed by atoms with E-state index in [9.17, 15) is 19.2 Å². The highest BCUT2D eigenvalue weighted by molar-refractivity contribution is 5.69. The third-order valence-corrected chi connectivity index (χ3v) is 5.72. The van der Waals surface area contributed by atoms with Crippen LogP contribution in [0.25, 0.3) is 0 Å². The van der Waals surface area contributed by atoms with Gasteiger partial charge in [-0.1, -0.05) is 60.7 Å². The number of carbonyl (C=O) groups is 4. The number of ether oxygens (including phenoxy) is 6. The van der Waals surface area contributed by atoms with Crippen LogP contribution in [-0.2, 0) is 60.8 Å². The van der Waals surface area contributed by atoms with Crippen molar-refractivity contribution < 1.29 is 47.6 Å². The van der Waals surface area contributed by atoms with Crippen molar-refractivity contribution in [3.8, 4) is 0 Å². The molecule has 3 rings (SSSR count). The molecule has 0 N–H and O–H groups in total. The van der Waals surface area contributed by atoms with Crippen LogP contribution in [0.1, 0.15) is 38.8 Å². The van der Waals surface area contributed by atoms with E-state index in [1.165, 1.54) is 27.7 Å². The van der Waals surface area contributed by atoms with Crippen LogP contribution in [0.15, 0.2) is 60.7 Å². The monoisotopic (exact) mass is 528 g/mol. The highest BCUT2D eigenvalue weighted by Gasteiger charge is 2.58. The maximum Gasteiger partial charge on any atom is 0.303 e. The molecule has 0 radical (unpaired) electrons.